The molecule has 3 nitrogen and oxygen atoms in total. The Labute approximate surface area is 120 Å². The molecule has 5 heteroatoms. The minimum Gasteiger partial charge on any atom is -0.382 e. The quantitative estimate of drug-likeness (QED) is 0.737. The monoisotopic (exact) mass is 289 g/mol. The number of anilines is 1. The van der Waals surface area contributed by atoms with Gasteiger partial charge in [-0.25, -0.2) is 0 Å². The Hall–Kier alpha value is -1.78. The van der Waals surface area contributed by atoms with Crippen molar-refractivity contribution in [3.63, 3.8) is 0 Å². The van der Waals surface area contributed by atoms with Gasteiger partial charge >= 0.3 is 0 Å². The van der Waals surface area contributed by atoms with Crippen molar-refractivity contribution in [2.24, 2.45) is 0 Å². The number of nitrogens with one attached hydrogen (secondary N) is 1. The van der Waals surface area contributed by atoms with E-state index in [9.17, 15) is 0 Å². The fourth-order valence-electron chi connectivity index (χ4n) is 2.10. The lowest BCUT2D eigenvalue weighted by Crippen LogP contribution is -1.89. The summed E-state index contributed by atoms with van der Waals surface area (Å²) in [5, 5.41) is 12.0. The van der Waals surface area contributed by atoms with Gasteiger partial charge in [0.25, 0.3) is 0 Å². The van der Waals surface area contributed by atoms with Crippen molar-refractivity contribution in [3.05, 3.63) is 45.6 Å². The summed E-state index contributed by atoms with van der Waals surface area (Å²) in [6.45, 7) is 2.07. The summed E-state index contributed by atoms with van der Waals surface area (Å²) in [5.74, 6) is 0.466. The normalized spacial score (nSPS) is 10.8. The molecule has 3 aromatic rings. The van der Waals surface area contributed by atoms with Crippen LogP contribution in [-0.2, 0) is 0 Å². The second kappa shape index (κ2) is 4.72. The molecule has 0 unspecified atom stereocenters. The van der Waals surface area contributed by atoms with Gasteiger partial charge in [0, 0.05) is 21.5 Å². The van der Waals surface area contributed by atoms with Crippen LogP contribution in [0.1, 0.15) is 5.56 Å². The molecule has 0 fully saturated rings. The Kier molecular flexibility index (Phi) is 3.05. The molecule has 1 aromatic carbocycles. The number of aromatic amines is 1. The molecule has 0 aliphatic rings. The summed E-state index contributed by atoms with van der Waals surface area (Å²) in [6, 6.07) is 7.65. The molecule has 0 atom stereocenters. The van der Waals surface area contributed by atoms with E-state index in [2.05, 4.69) is 27.9 Å². The zero-order chi connectivity index (χ0) is 13.4. The molecule has 0 saturated heterocycles. The fraction of sp³-hybridized carbons (Fsp3) is 0.0714. The molecule has 96 valence electrons. The highest BCUT2D eigenvalue weighted by Crippen LogP contribution is 2.39. The first-order chi connectivity index (χ1) is 9.18. The van der Waals surface area contributed by atoms with Gasteiger partial charge in [0.15, 0.2) is 5.82 Å². The highest BCUT2D eigenvalue weighted by molar-refractivity contribution is 7.08. The number of hydrogen-bond donors (Lipinski definition) is 2. The van der Waals surface area contributed by atoms with Crippen molar-refractivity contribution in [2.45, 2.75) is 6.92 Å². The molecular formula is C14H12ClN3S. The molecular weight excluding hydrogens is 278 g/mol. The van der Waals surface area contributed by atoms with Crippen molar-refractivity contribution in [1.82, 2.24) is 10.2 Å². The number of thiophene rings is 1. The van der Waals surface area contributed by atoms with Gasteiger partial charge in [-0.2, -0.15) is 16.4 Å². The second-order valence-electron chi connectivity index (χ2n) is 4.31. The summed E-state index contributed by atoms with van der Waals surface area (Å²) in [6.07, 6.45) is 0. The number of halogens is 1. The van der Waals surface area contributed by atoms with Crippen LogP contribution >= 0.6 is 22.9 Å². The lowest BCUT2D eigenvalue weighted by Gasteiger charge is -2.06. The van der Waals surface area contributed by atoms with Gasteiger partial charge in [0.1, 0.15) is 0 Å². The summed E-state index contributed by atoms with van der Waals surface area (Å²) >= 11 is 7.92. The fourth-order valence-corrected chi connectivity index (χ4v) is 3.17. The van der Waals surface area contributed by atoms with E-state index in [4.69, 9.17) is 17.3 Å². The Morgan fingerprint density at radius 2 is 2.00 bits per heavy atom. The van der Waals surface area contributed by atoms with E-state index in [1.54, 1.807) is 11.3 Å². The van der Waals surface area contributed by atoms with Gasteiger partial charge in [-0.05, 0) is 23.9 Å². The minimum absolute atomic E-state index is 0.466. The van der Waals surface area contributed by atoms with E-state index < -0.39 is 0 Å². The molecule has 0 spiro atoms. The van der Waals surface area contributed by atoms with E-state index in [1.165, 1.54) is 5.56 Å². The largest absolute Gasteiger partial charge is 0.382 e. The molecule has 3 N–H and O–H groups in total. The topological polar surface area (TPSA) is 54.7 Å². The van der Waals surface area contributed by atoms with Crippen LogP contribution in [0.2, 0.25) is 5.02 Å². The molecule has 2 aromatic heterocycles. The number of aromatic nitrogens is 2. The van der Waals surface area contributed by atoms with Crippen molar-refractivity contribution in [3.8, 4) is 22.4 Å². The molecule has 0 radical (unpaired) electrons. The summed E-state index contributed by atoms with van der Waals surface area (Å²) in [7, 11) is 0. The smallest absolute Gasteiger partial charge is 0.153 e. The van der Waals surface area contributed by atoms with E-state index in [0.717, 1.165) is 22.4 Å². The Bertz CT molecular complexity index is 730. The lowest BCUT2D eigenvalue weighted by molar-refractivity contribution is 1.10. The van der Waals surface area contributed by atoms with Crippen LogP contribution in [0.25, 0.3) is 22.4 Å². The van der Waals surface area contributed by atoms with Crippen LogP contribution in [0.4, 0.5) is 5.82 Å². The predicted molar refractivity (Wildman–Crippen MR) is 81.5 cm³/mol. The number of nitrogens with two attached hydrogens (primary N) is 1. The lowest BCUT2D eigenvalue weighted by atomic mass is 10.0. The predicted octanol–water partition coefficient (Wildman–Crippen LogP) is 4.35. The van der Waals surface area contributed by atoms with E-state index in [1.807, 2.05) is 24.3 Å². The molecule has 0 bridgehead atoms. The average molecular weight is 290 g/mol. The van der Waals surface area contributed by atoms with Gasteiger partial charge in [0.2, 0.25) is 0 Å². The van der Waals surface area contributed by atoms with Crippen LogP contribution in [0, 0.1) is 6.92 Å². The zero-order valence-corrected chi connectivity index (χ0v) is 11.8. The summed E-state index contributed by atoms with van der Waals surface area (Å²) in [4.78, 5) is 0. The third-order valence-electron chi connectivity index (χ3n) is 3.06. The molecule has 19 heavy (non-hydrogen) atoms. The van der Waals surface area contributed by atoms with Gasteiger partial charge < -0.3 is 5.73 Å². The first-order valence-corrected chi connectivity index (χ1v) is 7.12. The van der Waals surface area contributed by atoms with Crippen LogP contribution < -0.4 is 5.73 Å². The van der Waals surface area contributed by atoms with Crippen LogP contribution in [0.15, 0.2) is 35.0 Å². The van der Waals surface area contributed by atoms with Crippen molar-refractivity contribution in [2.75, 3.05) is 5.73 Å². The van der Waals surface area contributed by atoms with Crippen molar-refractivity contribution < 1.29 is 0 Å². The SMILES string of the molecule is Cc1cscc1-c1[nH]nc(N)c1-c1ccccc1Cl. The molecule has 0 aliphatic carbocycles. The van der Waals surface area contributed by atoms with Crippen molar-refractivity contribution >= 4 is 28.8 Å². The maximum Gasteiger partial charge on any atom is 0.153 e. The zero-order valence-electron chi connectivity index (χ0n) is 10.3. The van der Waals surface area contributed by atoms with Crippen LogP contribution in [0.3, 0.4) is 0 Å². The van der Waals surface area contributed by atoms with E-state index >= 15 is 0 Å². The van der Waals surface area contributed by atoms with E-state index in [-0.39, 0.29) is 0 Å². The average Bonchev–Trinajstić information content (AvgIpc) is 2.96. The number of H-pyrrole nitrogens is 1. The number of aryl methyl sites for hydroxylation is 1. The van der Waals surface area contributed by atoms with E-state index in [0.29, 0.717) is 10.8 Å². The Balaban J connectivity index is 2.26. The van der Waals surface area contributed by atoms with Gasteiger partial charge in [-0.3, -0.25) is 5.10 Å². The molecule has 3 rings (SSSR count). The molecule has 0 saturated carbocycles. The maximum atomic E-state index is 6.27. The summed E-state index contributed by atoms with van der Waals surface area (Å²) < 4.78 is 0. The van der Waals surface area contributed by atoms with Crippen LogP contribution in [-0.4, -0.2) is 10.2 Å². The van der Waals surface area contributed by atoms with Gasteiger partial charge in [-0.1, -0.05) is 29.8 Å². The van der Waals surface area contributed by atoms with Crippen molar-refractivity contribution in [1.29, 1.82) is 0 Å². The minimum atomic E-state index is 0.466. The van der Waals surface area contributed by atoms with Gasteiger partial charge in [-0.15, -0.1) is 0 Å². The molecule has 0 aliphatic heterocycles. The number of rotatable bonds is 2. The standard InChI is InChI=1S/C14H12ClN3S/c1-8-6-19-7-10(8)13-12(14(16)18-17-13)9-4-2-3-5-11(9)15/h2-7H,1H3,(H3,16,17,18). The highest BCUT2D eigenvalue weighted by Gasteiger charge is 2.18. The Morgan fingerprint density at radius 3 is 2.68 bits per heavy atom. The van der Waals surface area contributed by atoms with Gasteiger partial charge in [0.05, 0.1) is 11.3 Å². The number of nitrogen functional groups attached to an aromatic ring is 1. The third-order valence-corrected chi connectivity index (χ3v) is 4.25. The second-order valence-corrected chi connectivity index (χ2v) is 5.46. The first kappa shape index (κ1) is 12.3. The third kappa shape index (κ3) is 2.03. The number of hydrogen-bond acceptors (Lipinski definition) is 3. The molecule has 2 heterocycles. The summed E-state index contributed by atoms with van der Waals surface area (Å²) in [5.41, 5.74) is 11.0. The molecule has 0 amide bonds. The number of benzene rings is 1. The first-order valence-electron chi connectivity index (χ1n) is 5.80. The van der Waals surface area contributed by atoms with Crippen LogP contribution in [0.5, 0.6) is 0 Å². The Morgan fingerprint density at radius 1 is 1.21 bits per heavy atom. The highest BCUT2D eigenvalue weighted by atomic mass is 35.5. The maximum absolute atomic E-state index is 6.27. The number of nitrogens with zero attached hydrogens (tertiary/aromatic N) is 1.